The molecule has 0 aromatic rings. The molecule has 0 amide bonds. The molecule has 3 nitrogen and oxygen atoms in total. The number of allylic oxidation sites excluding steroid dienone is 1. The van der Waals surface area contributed by atoms with E-state index in [0.717, 1.165) is 12.1 Å². The van der Waals surface area contributed by atoms with Gasteiger partial charge in [-0.3, -0.25) is 0 Å². The zero-order valence-corrected chi connectivity index (χ0v) is 8.39. The van der Waals surface area contributed by atoms with Crippen molar-refractivity contribution in [3.8, 4) is 0 Å². The zero-order chi connectivity index (χ0) is 9.35. The van der Waals surface area contributed by atoms with Crippen molar-refractivity contribution in [2.24, 2.45) is 0 Å². The lowest BCUT2D eigenvalue weighted by Gasteiger charge is -2.40. The van der Waals surface area contributed by atoms with Gasteiger partial charge in [-0.15, -0.1) is 0 Å². The minimum atomic E-state index is -2.82. The molecule has 0 unspecified atom stereocenters. The van der Waals surface area contributed by atoms with E-state index >= 15 is 0 Å². The van der Waals surface area contributed by atoms with Crippen molar-refractivity contribution in [2.45, 2.75) is 18.6 Å². The largest absolute Gasteiger partial charge is 0.373 e. The number of hydrogen-bond acceptors (Lipinski definition) is 3. The van der Waals surface area contributed by atoms with Crippen molar-refractivity contribution in [2.75, 3.05) is 19.3 Å². The molecule has 1 rings (SSSR count). The molecule has 4 heteroatoms. The molecule has 12 heavy (non-hydrogen) atoms. The molecule has 0 spiro atoms. The van der Waals surface area contributed by atoms with Crippen LogP contribution in [0.5, 0.6) is 0 Å². The second-order valence-electron chi connectivity index (χ2n) is 3.28. The van der Waals surface area contributed by atoms with Crippen LogP contribution in [0, 0.1) is 0 Å². The van der Waals surface area contributed by atoms with Gasteiger partial charge in [0.1, 0.15) is 0 Å². The molecule has 0 N–H and O–H groups in total. The molecule has 1 saturated heterocycles. The van der Waals surface area contributed by atoms with Crippen LogP contribution in [0.25, 0.3) is 0 Å². The van der Waals surface area contributed by atoms with Gasteiger partial charge in [-0.25, -0.2) is 8.42 Å². The van der Waals surface area contributed by atoms with Crippen LogP contribution in [0.4, 0.5) is 0 Å². The lowest BCUT2D eigenvalue weighted by atomic mass is 10.2. The summed E-state index contributed by atoms with van der Waals surface area (Å²) in [4.78, 5) is 2.02. The van der Waals surface area contributed by atoms with Crippen LogP contribution < -0.4 is 0 Å². The monoisotopic (exact) mass is 189 g/mol. The lowest BCUT2D eigenvalue weighted by molar-refractivity contribution is 0.236. The summed E-state index contributed by atoms with van der Waals surface area (Å²) in [6.45, 7) is 7.13. The summed E-state index contributed by atoms with van der Waals surface area (Å²) in [5.74, 6) is 0. The second-order valence-corrected chi connectivity index (χ2v) is 5.60. The first-order valence-electron chi connectivity index (χ1n) is 4.06. The number of sulfone groups is 1. The highest BCUT2D eigenvalue weighted by Crippen LogP contribution is 2.20. The molecule has 1 aliphatic rings. The van der Waals surface area contributed by atoms with Crippen LogP contribution in [-0.4, -0.2) is 37.9 Å². The molecule has 0 radical (unpaired) electrons. The van der Waals surface area contributed by atoms with Crippen molar-refractivity contribution in [1.29, 1.82) is 0 Å². The second kappa shape index (κ2) is 3.09. The Hall–Kier alpha value is -0.510. The maximum Gasteiger partial charge on any atom is 0.153 e. The first-order chi connectivity index (χ1) is 5.45. The van der Waals surface area contributed by atoms with Gasteiger partial charge < -0.3 is 4.90 Å². The molecule has 0 aliphatic carbocycles. The van der Waals surface area contributed by atoms with Gasteiger partial charge in [0.05, 0.1) is 5.25 Å². The van der Waals surface area contributed by atoms with E-state index in [4.69, 9.17) is 0 Å². The Bertz CT molecular complexity index is 275. The van der Waals surface area contributed by atoms with Crippen molar-refractivity contribution >= 4 is 9.84 Å². The van der Waals surface area contributed by atoms with Crippen LogP contribution in [-0.2, 0) is 9.84 Å². The van der Waals surface area contributed by atoms with Crippen LogP contribution in [0.1, 0.15) is 13.3 Å². The predicted molar refractivity (Wildman–Crippen MR) is 49.6 cm³/mol. The summed E-state index contributed by atoms with van der Waals surface area (Å²) >= 11 is 0. The Labute approximate surface area is 74.0 Å². The van der Waals surface area contributed by atoms with E-state index in [1.54, 1.807) is 0 Å². The summed E-state index contributed by atoms with van der Waals surface area (Å²) in [5.41, 5.74) is 1.04. The molecule has 0 bridgehead atoms. The van der Waals surface area contributed by atoms with E-state index in [0.29, 0.717) is 13.1 Å². The Morgan fingerprint density at radius 3 is 2.42 bits per heavy atom. The van der Waals surface area contributed by atoms with Gasteiger partial charge >= 0.3 is 0 Å². The van der Waals surface area contributed by atoms with E-state index in [1.807, 2.05) is 11.8 Å². The maximum absolute atomic E-state index is 11.0. The van der Waals surface area contributed by atoms with Gasteiger partial charge in [-0.2, -0.15) is 0 Å². The van der Waals surface area contributed by atoms with Gasteiger partial charge in [0, 0.05) is 25.0 Å². The van der Waals surface area contributed by atoms with E-state index in [2.05, 4.69) is 6.58 Å². The number of hydrogen-bond donors (Lipinski definition) is 0. The summed E-state index contributed by atoms with van der Waals surface area (Å²) in [6, 6.07) is 0. The van der Waals surface area contributed by atoms with Crippen LogP contribution in [0.3, 0.4) is 0 Å². The normalized spacial score (nSPS) is 19.0. The highest BCUT2D eigenvalue weighted by Gasteiger charge is 2.34. The average molecular weight is 189 g/mol. The minimum Gasteiger partial charge on any atom is -0.373 e. The fourth-order valence-corrected chi connectivity index (χ4v) is 2.09. The third-order valence-electron chi connectivity index (χ3n) is 2.31. The predicted octanol–water partition coefficient (Wildman–Crippen LogP) is 0.639. The Morgan fingerprint density at radius 2 is 2.08 bits per heavy atom. The number of nitrogens with zero attached hydrogens (tertiary/aromatic N) is 1. The standard InChI is InChI=1S/C8H15NO2S/c1-4-7(2)9-5-8(6-9)12(3,10)11/h8H,2,4-6H2,1,3H3. The van der Waals surface area contributed by atoms with E-state index in [9.17, 15) is 8.42 Å². The number of likely N-dealkylation sites (tertiary alicyclic amines) is 1. The van der Waals surface area contributed by atoms with Crippen molar-refractivity contribution in [1.82, 2.24) is 4.90 Å². The zero-order valence-electron chi connectivity index (χ0n) is 7.58. The Kier molecular flexibility index (Phi) is 2.46. The fourth-order valence-electron chi connectivity index (χ4n) is 1.19. The molecule has 1 heterocycles. The van der Waals surface area contributed by atoms with Gasteiger partial charge in [0.15, 0.2) is 9.84 Å². The van der Waals surface area contributed by atoms with Crippen molar-refractivity contribution < 1.29 is 8.42 Å². The summed E-state index contributed by atoms with van der Waals surface area (Å²) < 4.78 is 22.0. The molecular formula is C8H15NO2S. The minimum absolute atomic E-state index is 0.166. The molecule has 0 aromatic carbocycles. The quantitative estimate of drug-likeness (QED) is 0.654. The molecule has 1 aliphatic heterocycles. The molecule has 0 saturated carbocycles. The van der Waals surface area contributed by atoms with Crippen molar-refractivity contribution in [3.63, 3.8) is 0 Å². The van der Waals surface area contributed by atoms with Gasteiger partial charge in [-0.1, -0.05) is 13.5 Å². The summed E-state index contributed by atoms with van der Waals surface area (Å²) in [7, 11) is -2.82. The molecule has 0 aromatic heterocycles. The Balaban J connectivity index is 2.44. The van der Waals surface area contributed by atoms with E-state index in [-0.39, 0.29) is 5.25 Å². The Morgan fingerprint density at radius 1 is 1.58 bits per heavy atom. The van der Waals surface area contributed by atoms with Crippen LogP contribution in [0.2, 0.25) is 0 Å². The topological polar surface area (TPSA) is 37.4 Å². The smallest absolute Gasteiger partial charge is 0.153 e. The van der Waals surface area contributed by atoms with Crippen molar-refractivity contribution in [3.05, 3.63) is 12.3 Å². The molecule has 70 valence electrons. The van der Waals surface area contributed by atoms with Crippen LogP contribution >= 0.6 is 0 Å². The number of rotatable bonds is 3. The SMILES string of the molecule is C=C(CC)N1CC(S(C)(=O)=O)C1. The summed E-state index contributed by atoms with van der Waals surface area (Å²) in [6.07, 6.45) is 2.19. The van der Waals surface area contributed by atoms with E-state index < -0.39 is 9.84 Å². The van der Waals surface area contributed by atoms with Gasteiger partial charge in [0.2, 0.25) is 0 Å². The van der Waals surface area contributed by atoms with Gasteiger partial charge in [-0.05, 0) is 6.42 Å². The van der Waals surface area contributed by atoms with Gasteiger partial charge in [0.25, 0.3) is 0 Å². The third-order valence-corrected chi connectivity index (χ3v) is 3.82. The molecular weight excluding hydrogens is 174 g/mol. The molecule has 0 atom stereocenters. The lowest BCUT2D eigenvalue weighted by Crippen LogP contribution is -2.53. The maximum atomic E-state index is 11.0. The first kappa shape index (κ1) is 9.58. The highest BCUT2D eigenvalue weighted by atomic mass is 32.2. The highest BCUT2D eigenvalue weighted by molar-refractivity contribution is 7.91. The molecule has 1 fully saturated rings. The van der Waals surface area contributed by atoms with E-state index in [1.165, 1.54) is 6.26 Å². The van der Waals surface area contributed by atoms with Crippen LogP contribution in [0.15, 0.2) is 12.3 Å². The average Bonchev–Trinajstić information content (AvgIpc) is 1.80. The first-order valence-corrected chi connectivity index (χ1v) is 6.02. The third kappa shape index (κ3) is 1.80. The summed E-state index contributed by atoms with van der Waals surface area (Å²) in [5, 5.41) is -0.166. The fraction of sp³-hybridized carbons (Fsp3) is 0.750.